The number of nitrogens with one attached hydrogen (secondary N) is 1. The number of imidazole rings is 1. The van der Waals surface area contributed by atoms with Crippen molar-refractivity contribution in [2.24, 2.45) is 5.10 Å². The molecule has 2 unspecified atom stereocenters. The minimum atomic E-state index is -1.30. The maximum Gasteiger partial charge on any atom is 0.247 e. The molecule has 0 aliphatic carbocycles. The zero-order chi connectivity index (χ0) is 21.3. The average Bonchev–Trinajstić information content (AvgIpc) is 3.30. The van der Waals surface area contributed by atoms with Crippen LogP contribution >= 0.6 is 0 Å². The van der Waals surface area contributed by atoms with Crippen LogP contribution in [0.4, 0.5) is 11.8 Å². The van der Waals surface area contributed by atoms with Crippen molar-refractivity contribution in [3.05, 3.63) is 41.7 Å². The van der Waals surface area contributed by atoms with Crippen LogP contribution in [0.2, 0.25) is 0 Å². The van der Waals surface area contributed by atoms with E-state index >= 15 is 0 Å². The van der Waals surface area contributed by atoms with Crippen molar-refractivity contribution >= 4 is 29.1 Å². The van der Waals surface area contributed by atoms with Crippen LogP contribution in [0.15, 0.2) is 35.7 Å². The van der Waals surface area contributed by atoms with E-state index in [1.807, 2.05) is 0 Å². The minimum absolute atomic E-state index is 0.0548. The molecule has 1 aliphatic rings. The fourth-order valence-electron chi connectivity index (χ4n) is 3.16. The van der Waals surface area contributed by atoms with Crippen molar-refractivity contribution in [3.63, 3.8) is 0 Å². The van der Waals surface area contributed by atoms with Gasteiger partial charge in [-0.1, -0.05) is 18.2 Å². The molecule has 1 aromatic carbocycles. The van der Waals surface area contributed by atoms with Crippen LogP contribution in [0.25, 0.3) is 11.2 Å². The number of aliphatic hydroxyl groups excluding tert-OH is 3. The molecular formula is C18H18N8O4. The maximum absolute atomic E-state index is 10.3. The first-order valence-corrected chi connectivity index (χ1v) is 8.94. The molecule has 3 aromatic rings. The number of nitriles is 1. The molecule has 154 valence electrons. The highest BCUT2D eigenvalue weighted by Gasteiger charge is 2.44. The number of aliphatic hydroxyl groups is 3. The van der Waals surface area contributed by atoms with E-state index < -0.39 is 31.1 Å². The lowest BCUT2D eigenvalue weighted by atomic mass is 10.1. The van der Waals surface area contributed by atoms with E-state index in [2.05, 4.69) is 31.5 Å². The number of ether oxygens (including phenoxy) is 1. The monoisotopic (exact) mass is 410 g/mol. The number of hydrogen-bond donors (Lipinski definition) is 5. The second-order valence-corrected chi connectivity index (χ2v) is 6.55. The second kappa shape index (κ2) is 8.01. The van der Waals surface area contributed by atoms with Crippen LogP contribution in [-0.4, -0.2) is 66.0 Å². The van der Waals surface area contributed by atoms with Crippen molar-refractivity contribution in [1.29, 1.82) is 5.26 Å². The van der Waals surface area contributed by atoms with Gasteiger partial charge in [0.2, 0.25) is 5.95 Å². The van der Waals surface area contributed by atoms with E-state index in [1.54, 1.807) is 24.3 Å². The summed E-state index contributed by atoms with van der Waals surface area (Å²) in [7, 11) is 0. The van der Waals surface area contributed by atoms with Gasteiger partial charge in [-0.05, 0) is 6.07 Å². The zero-order valence-corrected chi connectivity index (χ0v) is 15.5. The number of anilines is 2. The second-order valence-electron chi connectivity index (χ2n) is 6.55. The molecule has 12 nitrogen and oxygen atoms in total. The molecule has 6 N–H and O–H groups in total. The van der Waals surface area contributed by atoms with Crippen LogP contribution < -0.4 is 11.2 Å². The Morgan fingerprint density at radius 1 is 1.30 bits per heavy atom. The molecule has 0 saturated carbocycles. The molecule has 4 rings (SSSR count). The third-order valence-corrected chi connectivity index (χ3v) is 4.69. The third-order valence-electron chi connectivity index (χ3n) is 4.69. The van der Waals surface area contributed by atoms with E-state index in [4.69, 9.17) is 15.7 Å². The molecule has 1 saturated heterocycles. The molecule has 2 aromatic heterocycles. The third kappa shape index (κ3) is 3.42. The number of hydrogen-bond acceptors (Lipinski definition) is 11. The van der Waals surface area contributed by atoms with Gasteiger partial charge in [0, 0.05) is 5.56 Å². The van der Waals surface area contributed by atoms with Gasteiger partial charge in [0.15, 0.2) is 17.7 Å². The van der Waals surface area contributed by atoms with Gasteiger partial charge in [-0.25, -0.2) is 10.4 Å². The lowest BCUT2D eigenvalue weighted by Crippen LogP contribution is -2.33. The lowest BCUT2D eigenvalue weighted by Gasteiger charge is -2.16. The highest BCUT2D eigenvalue weighted by molar-refractivity contribution is 5.84. The van der Waals surface area contributed by atoms with Crippen molar-refractivity contribution in [2.75, 3.05) is 17.8 Å². The Bertz CT molecular complexity index is 1140. The first kappa shape index (κ1) is 19.7. The number of nitrogen functional groups attached to an aromatic ring is 1. The predicted octanol–water partition coefficient (Wildman–Crippen LogP) is -0.662. The Hall–Kier alpha value is -3.63. The first-order chi connectivity index (χ1) is 14.5. The molecule has 4 atom stereocenters. The number of fused-ring (bicyclic) bond motifs is 1. The van der Waals surface area contributed by atoms with E-state index in [1.165, 1.54) is 17.1 Å². The first-order valence-electron chi connectivity index (χ1n) is 8.94. The average molecular weight is 410 g/mol. The van der Waals surface area contributed by atoms with Crippen LogP contribution in [0, 0.1) is 11.3 Å². The quantitative estimate of drug-likeness (QED) is 0.267. The Morgan fingerprint density at radius 3 is 2.83 bits per heavy atom. The Kier molecular flexibility index (Phi) is 5.25. The van der Waals surface area contributed by atoms with Gasteiger partial charge in [0.1, 0.15) is 23.8 Å². The molecule has 1 fully saturated rings. The molecule has 1 aliphatic heterocycles. The highest BCUT2D eigenvalue weighted by atomic mass is 16.6. The van der Waals surface area contributed by atoms with Gasteiger partial charge in [0.25, 0.3) is 0 Å². The summed E-state index contributed by atoms with van der Waals surface area (Å²) in [6.07, 6.45) is -1.72. The summed E-state index contributed by atoms with van der Waals surface area (Å²) in [6.45, 7) is -0.454. The van der Waals surface area contributed by atoms with Crippen LogP contribution in [0.1, 0.15) is 17.4 Å². The van der Waals surface area contributed by atoms with Crippen LogP contribution in [-0.2, 0) is 4.74 Å². The van der Waals surface area contributed by atoms with E-state index in [-0.39, 0.29) is 22.9 Å². The molecule has 3 heterocycles. The van der Waals surface area contributed by atoms with Crippen molar-refractivity contribution in [1.82, 2.24) is 19.5 Å². The van der Waals surface area contributed by atoms with Crippen LogP contribution in [0.3, 0.4) is 0 Å². The standard InChI is InChI=1S/C18H18N8O4/c19-5-9-3-1-2-4-10(9)6-22-25-18-23-15(20)12-16(24-18)26(8-21-12)17-14(29)13(28)11(7-27)30-17/h1-4,6,8,11,13-14,17,27-29H,7H2,(H3,20,23,24,25)/b22-6+/t11-,13?,14?,17-/m1/s1. The van der Waals surface area contributed by atoms with Gasteiger partial charge in [-0.2, -0.15) is 20.3 Å². The molecule has 0 amide bonds. The van der Waals surface area contributed by atoms with Gasteiger partial charge in [-0.15, -0.1) is 0 Å². The highest BCUT2D eigenvalue weighted by Crippen LogP contribution is 2.32. The Morgan fingerprint density at radius 2 is 2.10 bits per heavy atom. The molecule has 30 heavy (non-hydrogen) atoms. The topological polar surface area (TPSA) is 188 Å². The number of aromatic nitrogens is 4. The molecular weight excluding hydrogens is 392 g/mol. The van der Waals surface area contributed by atoms with Gasteiger partial charge < -0.3 is 25.8 Å². The zero-order valence-electron chi connectivity index (χ0n) is 15.5. The van der Waals surface area contributed by atoms with Crippen molar-refractivity contribution in [2.45, 2.75) is 24.5 Å². The largest absolute Gasteiger partial charge is 0.394 e. The van der Waals surface area contributed by atoms with Crippen molar-refractivity contribution < 1.29 is 20.1 Å². The van der Waals surface area contributed by atoms with Crippen molar-refractivity contribution in [3.8, 4) is 6.07 Å². The minimum Gasteiger partial charge on any atom is -0.394 e. The molecule has 0 radical (unpaired) electrons. The fraction of sp³-hybridized carbons (Fsp3) is 0.278. The summed E-state index contributed by atoms with van der Waals surface area (Å²) in [5.41, 5.74) is 10.2. The fourth-order valence-corrected chi connectivity index (χ4v) is 3.16. The number of rotatable bonds is 5. The summed E-state index contributed by atoms with van der Waals surface area (Å²) in [4.78, 5) is 12.5. The number of nitrogens with two attached hydrogens (primary N) is 1. The van der Waals surface area contributed by atoms with Crippen LogP contribution in [0.5, 0.6) is 0 Å². The Labute approximate surface area is 169 Å². The summed E-state index contributed by atoms with van der Waals surface area (Å²) < 4.78 is 6.92. The summed E-state index contributed by atoms with van der Waals surface area (Å²) >= 11 is 0. The lowest BCUT2D eigenvalue weighted by molar-refractivity contribution is -0.0511. The Balaban J connectivity index is 1.63. The summed E-state index contributed by atoms with van der Waals surface area (Å²) in [5.74, 6) is 0.125. The maximum atomic E-state index is 10.3. The number of hydrazone groups is 1. The number of benzene rings is 1. The molecule has 0 spiro atoms. The van der Waals surface area contributed by atoms with E-state index in [0.717, 1.165) is 0 Å². The van der Waals surface area contributed by atoms with Gasteiger partial charge in [0.05, 0.1) is 30.8 Å². The normalized spacial score (nSPS) is 23.8. The van der Waals surface area contributed by atoms with Gasteiger partial charge in [-0.3, -0.25) is 4.57 Å². The van der Waals surface area contributed by atoms with E-state index in [0.29, 0.717) is 11.1 Å². The molecule has 12 heteroatoms. The SMILES string of the molecule is N#Cc1ccccc1/C=N/Nc1nc(N)c2ncn([C@@H]3O[C@H](CO)C(O)C3O)c2n1. The molecule has 0 bridgehead atoms. The predicted molar refractivity (Wildman–Crippen MR) is 105 cm³/mol. The number of nitrogens with zero attached hydrogens (tertiary/aromatic N) is 6. The van der Waals surface area contributed by atoms with E-state index in [9.17, 15) is 15.3 Å². The van der Waals surface area contributed by atoms with Gasteiger partial charge >= 0.3 is 0 Å². The summed E-state index contributed by atoms with van der Waals surface area (Å²) in [5, 5.41) is 42.7. The summed E-state index contributed by atoms with van der Waals surface area (Å²) in [6, 6.07) is 9.00. The smallest absolute Gasteiger partial charge is 0.247 e.